The molecule has 2 unspecified atom stereocenters. The predicted molar refractivity (Wildman–Crippen MR) is 99.5 cm³/mol. The molecule has 0 radical (unpaired) electrons. The molecule has 1 aliphatic rings. The Kier molecular flexibility index (Phi) is 6.04. The lowest BCUT2D eigenvalue weighted by atomic mass is 10.1. The van der Waals surface area contributed by atoms with Crippen molar-refractivity contribution in [1.29, 1.82) is 0 Å². The van der Waals surface area contributed by atoms with Gasteiger partial charge in [0, 0.05) is 23.1 Å². The average Bonchev–Trinajstić information content (AvgIpc) is 2.82. The highest BCUT2D eigenvalue weighted by atomic mass is 32.2. The number of fused-ring (bicyclic) bond motifs is 1. The molecular formula is C18H25N3O2S. The summed E-state index contributed by atoms with van der Waals surface area (Å²) in [5, 5.41) is 16.8. The highest BCUT2D eigenvalue weighted by Gasteiger charge is 2.18. The summed E-state index contributed by atoms with van der Waals surface area (Å²) in [6.45, 7) is -0.0759. The van der Waals surface area contributed by atoms with E-state index in [1.54, 1.807) is 0 Å². The lowest BCUT2D eigenvalue weighted by molar-refractivity contribution is 0.212. The summed E-state index contributed by atoms with van der Waals surface area (Å²) in [7, 11) is 0. The van der Waals surface area contributed by atoms with Crippen LogP contribution >= 0.6 is 11.8 Å². The standard InChI is InChI=1S/C18H25N3O2S/c22-12-15(10-13-11-19-17-6-2-1-5-16(13)17)21-18(23)20-14-4-3-8-24-9-7-14/h1-2,5-6,11,14-15,19,22H,3-4,7-10,12H2,(H2,20,21,23). The SMILES string of the molecule is O=C(NC1CCCSCC1)NC(CO)Cc1c[nH]c2ccccc12. The van der Waals surface area contributed by atoms with Gasteiger partial charge in [-0.15, -0.1) is 0 Å². The predicted octanol–water partition coefficient (Wildman–Crippen LogP) is 2.66. The first-order chi connectivity index (χ1) is 11.8. The molecule has 2 amide bonds. The lowest BCUT2D eigenvalue weighted by Gasteiger charge is -2.20. The fraction of sp³-hybridized carbons (Fsp3) is 0.500. The number of rotatable bonds is 5. The van der Waals surface area contributed by atoms with Crippen LogP contribution in [-0.2, 0) is 6.42 Å². The minimum absolute atomic E-state index is 0.0759. The Morgan fingerprint density at radius 1 is 1.33 bits per heavy atom. The zero-order valence-corrected chi connectivity index (χ0v) is 14.6. The number of hydrogen-bond acceptors (Lipinski definition) is 3. The van der Waals surface area contributed by atoms with E-state index in [-0.39, 0.29) is 24.7 Å². The van der Waals surface area contributed by atoms with Crippen LogP contribution in [0.4, 0.5) is 4.79 Å². The summed E-state index contributed by atoms with van der Waals surface area (Å²) in [5.41, 5.74) is 2.18. The van der Waals surface area contributed by atoms with Crippen molar-refractivity contribution < 1.29 is 9.90 Å². The van der Waals surface area contributed by atoms with Crippen molar-refractivity contribution >= 4 is 28.7 Å². The molecule has 1 fully saturated rings. The van der Waals surface area contributed by atoms with E-state index in [4.69, 9.17) is 0 Å². The average molecular weight is 347 g/mol. The van der Waals surface area contributed by atoms with Gasteiger partial charge in [0.25, 0.3) is 0 Å². The lowest BCUT2D eigenvalue weighted by Crippen LogP contribution is -2.48. The van der Waals surface area contributed by atoms with Gasteiger partial charge in [-0.1, -0.05) is 18.2 Å². The van der Waals surface area contributed by atoms with Gasteiger partial charge in [-0.3, -0.25) is 0 Å². The number of aliphatic hydroxyl groups excluding tert-OH is 1. The summed E-state index contributed by atoms with van der Waals surface area (Å²) in [5.74, 6) is 2.28. The number of carbonyl (C=O) groups is 1. The van der Waals surface area contributed by atoms with Crippen LogP contribution in [0.15, 0.2) is 30.5 Å². The van der Waals surface area contributed by atoms with Crippen LogP contribution < -0.4 is 10.6 Å². The fourth-order valence-electron chi connectivity index (χ4n) is 3.19. The first-order valence-corrected chi connectivity index (χ1v) is 9.72. The Labute approximate surface area is 146 Å². The van der Waals surface area contributed by atoms with Gasteiger partial charge in [-0.2, -0.15) is 11.8 Å². The van der Waals surface area contributed by atoms with Gasteiger partial charge in [0.05, 0.1) is 12.6 Å². The smallest absolute Gasteiger partial charge is 0.315 e. The number of aromatic amines is 1. The minimum Gasteiger partial charge on any atom is -0.394 e. The van der Waals surface area contributed by atoms with Crippen molar-refractivity contribution in [3.63, 3.8) is 0 Å². The number of nitrogens with one attached hydrogen (secondary N) is 3. The number of aliphatic hydroxyl groups is 1. The Morgan fingerprint density at radius 3 is 3.08 bits per heavy atom. The van der Waals surface area contributed by atoms with Gasteiger partial charge in [0.2, 0.25) is 0 Å². The molecule has 1 aliphatic heterocycles. The highest BCUT2D eigenvalue weighted by molar-refractivity contribution is 7.99. The van der Waals surface area contributed by atoms with Crippen LogP contribution in [-0.4, -0.2) is 46.3 Å². The van der Waals surface area contributed by atoms with E-state index in [2.05, 4.69) is 21.7 Å². The van der Waals surface area contributed by atoms with E-state index in [9.17, 15) is 9.90 Å². The number of urea groups is 1. The first kappa shape index (κ1) is 17.2. The van der Waals surface area contributed by atoms with Gasteiger partial charge >= 0.3 is 6.03 Å². The topological polar surface area (TPSA) is 77.2 Å². The van der Waals surface area contributed by atoms with E-state index < -0.39 is 0 Å². The van der Waals surface area contributed by atoms with Crippen LogP contribution in [0, 0.1) is 0 Å². The van der Waals surface area contributed by atoms with Crippen molar-refractivity contribution in [1.82, 2.24) is 15.6 Å². The number of aromatic nitrogens is 1. The zero-order chi connectivity index (χ0) is 16.8. The van der Waals surface area contributed by atoms with Crippen LogP contribution in [0.2, 0.25) is 0 Å². The largest absolute Gasteiger partial charge is 0.394 e. The summed E-state index contributed by atoms with van der Waals surface area (Å²) >= 11 is 1.95. The maximum Gasteiger partial charge on any atom is 0.315 e. The molecule has 1 saturated heterocycles. The van der Waals surface area contributed by atoms with E-state index in [1.165, 1.54) is 5.75 Å². The molecular weight excluding hydrogens is 322 g/mol. The molecule has 5 nitrogen and oxygen atoms in total. The van der Waals surface area contributed by atoms with Crippen LogP contribution in [0.25, 0.3) is 10.9 Å². The number of carbonyl (C=O) groups excluding carboxylic acids is 1. The molecule has 2 atom stereocenters. The summed E-state index contributed by atoms with van der Waals surface area (Å²) in [4.78, 5) is 15.5. The molecule has 0 saturated carbocycles. The summed E-state index contributed by atoms with van der Waals surface area (Å²) < 4.78 is 0. The van der Waals surface area contributed by atoms with Gasteiger partial charge in [-0.05, 0) is 48.8 Å². The third-order valence-electron chi connectivity index (χ3n) is 4.48. The number of H-pyrrole nitrogens is 1. The molecule has 2 heterocycles. The first-order valence-electron chi connectivity index (χ1n) is 8.57. The number of thioether (sulfide) groups is 1. The number of amides is 2. The number of hydrogen-bond donors (Lipinski definition) is 4. The maximum absolute atomic E-state index is 12.2. The molecule has 130 valence electrons. The summed E-state index contributed by atoms with van der Waals surface area (Å²) in [6, 6.07) is 7.85. The van der Waals surface area contributed by atoms with Gasteiger partial charge in [0.1, 0.15) is 0 Å². The quantitative estimate of drug-likeness (QED) is 0.671. The van der Waals surface area contributed by atoms with Crippen molar-refractivity contribution in [2.45, 2.75) is 37.8 Å². The maximum atomic E-state index is 12.2. The molecule has 0 bridgehead atoms. The van der Waals surface area contributed by atoms with E-state index in [0.29, 0.717) is 6.42 Å². The van der Waals surface area contributed by atoms with Gasteiger partial charge in [0.15, 0.2) is 0 Å². The fourth-order valence-corrected chi connectivity index (χ4v) is 4.21. The highest BCUT2D eigenvalue weighted by Crippen LogP contribution is 2.19. The van der Waals surface area contributed by atoms with Crippen LogP contribution in [0.1, 0.15) is 24.8 Å². The third-order valence-corrected chi connectivity index (χ3v) is 5.59. The molecule has 24 heavy (non-hydrogen) atoms. The molecule has 0 spiro atoms. The summed E-state index contributed by atoms with van der Waals surface area (Å²) in [6.07, 6.45) is 5.76. The second-order valence-electron chi connectivity index (χ2n) is 6.30. The Morgan fingerprint density at radius 2 is 2.21 bits per heavy atom. The second kappa shape index (κ2) is 8.44. The van der Waals surface area contributed by atoms with Gasteiger partial charge < -0.3 is 20.7 Å². The number of para-hydroxylation sites is 1. The molecule has 2 aromatic rings. The molecule has 1 aromatic heterocycles. The molecule has 4 N–H and O–H groups in total. The van der Waals surface area contributed by atoms with E-state index >= 15 is 0 Å². The van der Waals surface area contributed by atoms with Crippen LogP contribution in [0.5, 0.6) is 0 Å². The van der Waals surface area contributed by atoms with Crippen molar-refractivity contribution in [3.8, 4) is 0 Å². The monoisotopic (exact) mass is 347 g/mol. The second-order valence-corrected chi connectivity index (χ2v) is 7.53. The minimum atomic E-state index is -0.288. The van der Waals surface area contributed by atoms with Crippen LogP contribution in [0.3, 0.4) is 0 Å². The molecule has 1 aromatic carbocycles. The van der Waals surface area contributed by atoms with Crippen molar-refractivity contribution in [2.24, 2.45) is 0 Å². The van der Waals surface area contributed by atoms with Crippen molar-refractivity contribution in [2.75, 3.05) is 18.1 Å². The third kappa shape index (κ3) is 4.45. The Balaban J connectivity index is 1.56. The van der Waals surface area contributed by atoms with Crippen molar-refractivity contribution in [3.05, 3.63) is 36.0 Å². The van der Waals surface area contributed by atoms with E-state index in [0.717, 1.165) is 41.5 Å². The van der Waals surface area contributed by atoms with E-state index in [1.807, 2.05) is 36.2 Å². The normalized spacial score (nSPS) is 19.6. The Hall–Kier alpha value is -1.66. The Bertz CT molecular complexity index is 665. The van der Waals surface area contributed by atoms with Gasteiger partial charge in [-0.25, -0.2) is 4.79 Å². The molecule has 0 aliphatic carbocycles. The number of benzene rings is 1. The zero-order valence-electron chi connectivity index (χ0n) is 13.8. The molecule has 3 rings (SSSR count). The molecule has 6 heteroatoms.